The second kappa shape index (κ2) is 4.51. The molecule has 2 aromatic heterocycles. The van der Waals surface area contributed by atoms with Crippen molar-refractivity contribution in [3.05, 3.63) is 23.8 Å². The van der Waals surface area contributed by atoms with Crippen LogP contribution in [0.4, 0.5) is 0 Å². The van der Waals surface area contributed by atoms with Crippen molar-refractivity contribution >= 4 is 17.0 Å². The molecule has 0 aromatic carbocycles. The highest BCUT2D eigenvalue weighted by atomic mass is 15.3. The van der Waals surface area contributed by atoms with Crippen LogP contribution < -0.4 is 11.1 Å². The summed E-state index contributed by atoms with van der Waals surface area (Å²) in [5.41, 5.74) is 8.55. The molecular formula is C12H17N7. The SMILES string of the molecule is Cc1c[nH]c2ncnc(C3CNCCN3C(=N)N)c12. The second-order valence-electron chi connectivity index (χ2n) is 4.75. The highest BCUT2D eigenvalue weighted by Gasteiger charge is 2.28. The van der Waals surface area contributed by atoms with Crippen molar-refractivity contribution in [2.45, 2.75) is 13.0 Å². The molecule has 1 atom stereocenters. The number of nitrogens with two attached hydrogens (primary N) is 1. The number of aromatic amines is 1. The molecule has 2 aromatic rings. The lowest BCUT2D eigenvalue weighted by Gasteiger charge is -2.36. The van der Waals surface area contributed by atoms with Crippen LogP contribution in [0.15, 0.2) is 12.5 Å². The van der Waals surface area contributed by atoms with Gasteiger partial charge >= 0.3 is 0 Å². The largest absolute Gasteiger partial charge is 0.370 e. The maximum absolute atomic E-state index is 7.72. The minimum Gasteiger partial charge on any atom is -0.370 e. The molecule has 0 aliphatic carbocycles. The van der Waals surface area contributed by atoms with Crippen molar-refractivity contribution in [3.63, 3.8) is 0 Å². The molecule has 0 radical (unpaired) electrons. The fraction of sp³-hybridized carbons (Fsp3) is 0.417. The van der Waals surface area contributed by atoms with Gasteiger partial charge in [0.1, 0.15) is 12.0 Å². The van der Waals surface area contributed by atoms with Gasteiger partial charge in [-0.3, -0.25) is 5.41 Å². The van der Waals surface area contributed by atoms with Gasteiger partial charge < -0.3 is 20.9 Å². The standard InChI is InChI=1S/C12H17N7/c1-7-4-16-11-9(7)10(17-6-18-11)8-5-15-2-3-19(8)12(13)14/h4,6,8,15H,2-3,5H2,1H3,(H3,13,14)(H,16,17,18). The van der Waals surface area contributed by atoms with Crippen molar-refractivity contribution in [2.24, 2.45) is 5.73 Å². The molecule has 1 saturated heterocycles. The van der Waals surface area contributed by atoms with Gasteiger partial charge in [0.05, 0.1) is 11.7 Å². The summed E-state index contributed by atoms with van der Waals surface area (Å²) in [6.45, 7) is 4.31. The zero-order chi connectivity index (χ0) is 13.4. The van der Waals surface area contributed by atoms with Crippen LogP contribution in [0, 0.1) is 12.3 Å². The number of aryl methyl sites for hydroxylation is 1. The van der Waals surface area contributed by atoms with Gasteiger partial charge in [-0.15, -0.1) is 0 Å². The summed E-state index contributed by atoms with van der Waals surface area (Å²) in [7, 11) is 0. The number of H-pyrrole nitrogens is 1. The van der Waals surface area contributed by atoms with Gasteiger partial charge in [0.25, 0.3) is 0 Å². The quantitative estimate of drug-likeness (QED) is 0.429. The molecule has 0 saturated carbocycles. The average Bonchev–Trinajstić information content (AvgIpc) is 2.81. The molecule has 100 valence electrons. The van der Waals surface area contributed by atoms with Crippen molar-refractivity contribution in [3.8, 4) is 0 Å². The Labute approximate surface area is 110 Å². The minimum absolute atomic E-state index is 0.0220. The lowest BCUT2D eigenvalue weighted by atomic mass is 10.0. The van der Waals surface area contributed by atoms with Crippen molar-refractivity contribution in [2.75, 3.05) is 19.6 Å². The van der Waals surface area contributed by atoms with Crippen LogP contribution in [-0.2, 0) is 0 Å². The van der Waals surface area contributed by atoms with Gasteiger partial charge in [0.15, 0.2) is 5.96 Å². The van der Waals surface area contributed by atoms with Crippen LogP contribution >= 0.6 is 0 Å². The van der Waals surface area contributed by atoms with E-state index in [1.807, 2.05) is 18.0 Å². The van der Waals surface area contributed by atoms with Crippen molar-refractivity contribution in [1.29, 1.82) is 5.41 Å². The van der Waals surface area contributed by atoms with Crippen LogP contribution in [0.5, 0.6) is 0 Å². The Bertz CT molecular complexity index is 618. The molecule has 1 unspecified atom stereocenters. The van der Waals surface area contributed by atoms with Crippen molar-refractivity contribution in [1.82, 2.24) is 25.2 Å². The first kappa shape index (κ1) is 11.9. The monoisotopic (exact) mass is 259 g/mol. The van der Waals surface area contributed by atoms with Crippen LogP contribution in [0.3, 0.4) is 0 Å². The molecule has 0 amide bonds. The predicted molar refractivity (Wildman–Crippen MR) is 72.9 cm³/mol. The first-order valence-corrected chi connectivity index (χ1v) is 6.28. The summed E-state index contributed by atoms with van der Waals surface area (Å²) in [5, 5.41) is 12.1. The first-order valence-electron chi connectivity index (χ1n) is 6.28. The zero-order valence-electron chi connectivity index (χ0n) is 10.8. The molecule has 3 heterocycles. The van der Waals surface area contributed by atoms with Crippen molar-refractivity contribution < 1.29 is 0 Å². The third-order valence-corrected chi connectivity index (χ3v) is 3.56. The zero-order valence-corrected chi connectivity index (χ0v) is 10.8. The molecule has 7 nitrogen and oxygen atoms in total. The van der Waals surface area contributed by atoms with Crippen LogP contribution in [0.2, 0.25) is 0 Å². The number of nitrogens with zero attached hydrogens (tertiary/aromatic N) is 3. The van der Waals surface area contributed by atoms with Gasteiger partial charge in [-0.1, -0.05) is 0 Å². The third-order valence-electron chi connectivity index (χ3n) is 3.56. The molecule has 1 aliphatic heterocycles. The number of guanidine groups is 1. The van der Waals surface area contributed by atoms with E-state index in [4.69, 9.17) is 11.1 Å². The first-order chi connectivity index (χ1) is 9.18. The minimum atomic E-state index is -0.0220. The maximum atomic E-state index is 7.72. The normalized spacial score (nSPS) is 19.8. The molecule has 3 rings (SSSR count). The van der Waals surface area contributed by atoms with Gasteiger partial charge in [-0.05, 0) is 12.5 Å². The smallest absolute Gasteiger partial charge is 0.189 e. The van der Waals surface area contributed by atoms with Gasteiger partial charge in [0, 0.05) is 31.2 Å². The number of hydrogen-bond acceptors (Lipinski definition) is 4. The summed E-state index contributed by atoms with van der Waals surface area (Å²) in [6.07, 6.45) is 3.48. The number of hydrogen-bond donors (Lipinski definition) is 4. The Kier molecular flexibility index (Phi) is 2.83. The summed E-state index contributed by atoms with van der Waals surface area (Å²) in [5.74, 6) is 0.0893. The lowest BCUT2D eigenvalue weighted by Crippen LogP contribution is -2.51. The summed E-state index contributed by atoms with van der Waals surface area (Å²) >= 11 is 0. The Morgan fingerprint density at radius 2 is 2.37 bits per heavy atom. The Balaban J connectivity index is 2.11. The predicted octanol–water partition coefficient (Wildman–Crippen LogP) is 0.106. The van der Waals surface area contributed by atoms with E-state index in [1.165, 1.54) is 0 Å². The second-order valence-corrected chi connectivity index (χ2v) is 4.75. The van der Waals surface area contributed by atoms with E-state index in [9.17, 15) is 0 Å². The maximum Gasteiger partial charge on any atom is 0.189 e. The number of rotatable bonds is 1. The summed E-state index contributed by atoms with van der Waals surface area (Å²) in [4.78, 5) is 13.7. The Hall–Kier alpha value is -2.15. The Morgan fingerprint density at radius 1 is 1.53 bits per heavy atom. The number of nitrogens with one attached hydrogen (secondary N) is 3. The van der Waals surface area contributed by atoms with E-state index in [1.54, 1.807) is 6.33 Å². The van der Waals surface area contributed by atoms with E-state index < -0.39 is 0 Å². The summed E-state index contributed by atoms with van der Waals surface area (Å²) in [6, 6.07) is -0.0220. The van der Waals surface area contributed by atoms with E-state index in [2.05, 4.69) is 20.3 Å². The van der Waals surface area contributed by atoms with Gasteiger partial charge in [-0.25, -0.2) is 9.97 Å². The summed E-state index contributed by atoms with van der Waals surface area (Å²) < 4.78 is 0. The van der Waals surface area contributed by atoms with Crippen LogP contribution in [0.25, 0.3) is 11.0 Å². The molecule has 5 N–H and O–H groups in total. The number of fused-ring (bicyclic) bond motifs is 1. The molecular weight excluding hydrogens is 242 g/mol. The molecule has 0 bridgehead atoms. The molecule has 1 fully saturated rings. The Morgan fingerprint density at radius 3 is 3.16 bits per heavy atom. The highest BCUT2D eigenvalue weighted by molar-refractivity contribution is 5.83. The number of aromatic nitrogens is 3. The van der Waals surface area contributed by atoms with E-state index >= 15 is 0 Å². The average molecular weight is 259 g/mol. The molecule has 19 heavy (non-hydrogen) atoms. The van der Waals surface area contributed by atoms with Gasteiger partial charge in [0.2, 0.25) is 0 Å². The fourth-order valence-electron chi connectivity index (χ4n) is 2.64. The number of piperazine rings is 1. The topological polar surface area (TPSA) is 107 Å². The van der Waals surface area contributed by atoms with E-state index in [-0.39, 0.29) is 12.0 Å². The van der Waals surface area contributed by atoms with E-state index in [0.29, 0.717) is 0 Å². The van der Waals surface area contributed by atoms with Crippen LogP contribution in [0.1, 0.15) is 17.3 Å². The van der Waals surface area contributed by atoms with E-state index in [0.717, 1.165) is 41.9 Å². The highest BCUT2D eigenvalue weighted by Crippen LogP contribution is 2.27. The lowest BCUT2D eigenvalue weighted by molar-refractivity contribution is 0.254. The molecule has 1 aliphatic rings. The molecule has 0 spiro atoms. The van der Waals surface area contributed by atoms with Gasteiger partial charge in [-0.2, -0.15) is 0 Å². The fourth-order valence-corrected chi connectivity index (χ4v) is 2.64. The van der Waals surface area contributed by atoms with Crippen LogP contribution in [-0.4, -0.2) is 45.4 Å². The molecule has 7 heteroatoms. The third kappa shape index (κ3) is 1.91.